The second kappa shape index (κ2) is 10.1. The highest BCUT2D eigenvalue weighted by molar-refractivity contribution is 7.89. The number of amides is 1. The molecule has 0 radical (unpaired) electrons. The van der Waals surface area contributed by atoms with Gasteiger partial charge in [0.05, 0.1) is 16.3 Å². The molecule has 0 saturated heterocycles. The van der Waals surface area contributed by atoms with Crippen molar-refractivity contribution in [1.29, 1.82) is 0 Å². The highest BCUT2D eigenvalue weighted by atomic mass is 32.2. The molecule has 0 aliphatic carbocycles. The number of rotatable bonds is 9. The first-order valence-electron chi connectivity index (χ1n) is 9.77. The van der Waals surface area contributed by atoms with E-state index in [9.17, 15) is 13.2 Å². The van der Waals surface area contributed by atoms with E-state index < -0.39 is 10.0 Å². The Labute approximate surface area is 183 Å². The third-order valence-corrected chi connectivity index (χ3v) is 6.11. The van der Waals surface area contributed by atoms with Gasteiger partial charge in [-0.15, -0.1) is 6.58 Å². The predicted octanol–water partition coefficient (Wildman–Crippen LogP) is 4.04. The molecule has 160 valence electrons. The summed E-state index contributed by atoms with van der Waals surface area (Å²) in [6.45, 7) is 4.32. The number of nitrogens with one attached hydrogen (secondary N) is 2. The first-order valence-corrected chi connectivity index (χ1v) is 11.2. The van der Waals surface area contributed by atoms with Crippen molar-refractivity contribution in [2.24, 2.45) is 0 Å². The molecule has 3 aromatic carbocycles. The summed E-state index contributed by atoms with van der Waals surface area (Å²) in [4.78, 5) is 14.9. The van der Waals surface area contributed by atoms with E-state index in [1.54, 1.807) is 0 Å². The molecule has 0 aliphatic rings. The van der Waals surface area contributed by atoms with Crippen LogP contribution < -0.4 is 14.9 Å². The highest BCUT2D eigenvalue weighted by Crippen LogP contribution is 2.26. The van der Waals surface area contributed by atoms with Gasteiger partial charge in [0.15, 0.2) is 0 Å². The van der Waals surface area contributed by atoms with Crippen molar-refractivity contribution in [1.82, 2.24) is 4.72 Å². The van der Waals surface area contributed by atoms with E-state index in [2.05, 4.69) is 33.7 Å². The van der Waals surface area contributed by atoms with Crippen molar-refractivity contribution < 1.29 is 13.2 Å². The van der Waals surface area contributed by atoms with Gasteiger partial charge in [0, 0.05) is 25.7 Å². The van der Waals surface area contributed by atoms with Crippen molar-refractivity contribution in [3.05, 3.63) is 103 Å². The maximum Gasteiger partial charge on any atom is 0.255 e. The summed E-state index contributed by atoms with van der Waals surface area (Å²) in [5.74, 6) is -0.316. The van der Waals surface area contributed by atoms with Gasteiger partial charge in [-0.1, -0.05) is 48.5 Å². The van der Waals surface area contributed by atoms with Crippen LogP contribution in [0.1, 0.15) is 15.9 Å². The molecule has 0 heterocycles. The minimum atomic E-state index is -3.63. The number of anilines is 2. The van der Waals surface area contributed by atoms with E-state index in [0.717, 1.165) is 11.3 Å². The van der Waals surface area contributed by atoms with Crippen LogP contribution in [0.5, 0.6) is 0 Å². The summed E-state index contributed by atoms with van der Waals surface area (Å²) < 4.78 is 26.7. The molecule has 3 rings (SSSR count). The fourth-order valence-corrected chi connectivity index (χ4v) is 4.08. The molecule has 0 saturated carbocycles. The Kier molecular flexibility index (Phi) is 7.23. The van der Waals surface area contributed by atoms with Crippen LogP contribution in [0.3, 0.4) is 0 Å². The third kappa shape index (κ3) is 5.81. The van der Waals surface area contributed by atoms with Crippen LogP contribution >= 0.6 is 0 Å². The average molecular weight is 436 g/mol. The average Bonchev–Trinajstić information content (AvgIpc) is 2.79. The van der Waals surface area contributed by atoms with Gasteiger partial charge in [-0.3, -0.25) is 4.79 Å². The van der Waals surface area contributed by atoms with Crippen LogP contribution in [0.25, 0.3) is 0 Å². The molecule has 0 aliphatic heterocycles. The largest absolute Gasteiger partial charge is 0.369 e. The van der Waals surface area contributed by atoms with E-state index in [4.69, 9.17) is 0 Å². The Bertz CT molecular complexity index is 1140. The zero-order valence-electron chi connectivity index (χ0n) is 17.3. The number of carbonyl (C=O) groups is 1. The molecular weight excluding hydrogens is 410 g/mol. The number of sulfonamides is 1. The van der Waals surface area contributed by atoms with Gasteiger partial charge < -0.3 is 10.2 Å². The zero-order chi connectivity index (χ0) is 22.3. The lowest BCUT2D eigenvalue weighted by molar-refractivity contribution is 0.102. The van der Waals surface area contributed by atoms with Crippen LogP contribution in [0.15, 0.2) is 96.4 Å². The fraction of sp³-hybridized carbons (Fsp3) is 0.125. The van der Waals surface area contributed by atoms with Crippen molar-refractivity contribution in [2.45, 2.75) is 11.4 Å². The van der Waals surface area contributed by atoms with Gasteiger partial charge >= 0.3 is 0 Å². The van der Waals surface area contributed by atoms with Crippen molar-refractivity contribution >= 4 is 27.3 Å². The van der Waals surface area contributed by atoms with Gasteiger partial charge in [-0.2, -0.15) is 0 Å². The summed E-state index contributed by atoms with van der Waals surface area (Å²) in [6, 6.07) is 23.4. The number of carbonyl (C=O) groups excluding carboxylic acids is 1. The smallest absolute Gasteiger partial charge is 0.255 e. The van der Waals surface area contributed by atoms with E-state index in [1.807, 2.05) is 49.5 Å². The first kappa shape index (κ1) is 22.3. The molecular formula is C24H25N3O3S. The monoisotopic (exact) mass is 435 g/mol. The highest BCUT2D eigenvalue weighted by Gasteiger charge is 2.15. The molecule has 0 atom stereocenters. The summed E-state index contributed by atoms with van der Waals surface area (Å²) in [7, 11) is -1.66. The van der Waals surface area contributed by atoms with Gasteiger partial charge in [0.1, 0.15) is 0 Å². The lowest BCUT2D eigenvalue weighted by Crippen LogP contribution is -2.23. The molecule has 7 heteroatoms. The minimum absolute atomic E-state index is 0.0916. The summed E-state index contributed by atoms with van der Waals surface area (Å²) in [5, 5.41) is 2.93. The first-order chi connectivity index (χ1) is 14.9. The van der Waals surface area contributed by atoms with Crippen molar-refractivity contribution in [3.8, 4) is 0 Å². The van der Waals surface area contributed by atoms with E-state index in [1.165, 1.54) is 30.3 Å². The molecule has 3 aromatic rings. The summed E-state index contributed by atoms with van der Waals surface area (Å²) in [6.07, 6.45) is 1.46. The molecule has 0 bridgehead atoms. The predicted molar refractivity (Wildman–Crippen MR) is 125 cm³/mol. The Morgan fingerprint density at radius 2 is 1.61 bits per heavy atom. The number of hydrogen-bond acceptors (Lipinski definition) is 4. The van der Waals surface area contributed by atoms with Crippen molar-refractivity contribution in [3.63, 3.8) is 0 Å². The third-order valence-electron chi connectivity index (χ3n) is 4.67. The van der Waals surface area contributed by atoms with Crippen molar-refractivity contribution in [2.75, 3.05) is 23.8 Å². The second-order valence-electron chi connectivity index (χ2n) is 6.98. The standard InChI is InChI=1S/C24H25N3O3S/c1-3-17-25-31(29,30)21-15-13-20(14-16-21)24(28)26-22-11-7-8-12-23(22)27(2)18-19-9-5-4-6-10-19/h3-16,25H,1,17-18H2,2H3,(H,26,28). The maximum atomic E-state index is 12.8. The Balaban J connectivity index is 1.74. The Morgan fingerprint density at radius 1 is 0.968 bits per heavy atom. The molecule has 0 aromatic heterocycles. The normalized spacial score (nSPS) is 11.0. The quantitative estimate of drug-likeness (QED) is 0.497. The molecule has 1 amide bonds. The minimum Gasteiger partial charge on any atom is -0.369 e. The molecule has 0 fully saturated rings. The molecule has 31 heavy (non-hydrogen) atoms. The molecule has 2 N–H and O–H groups in total. The SMILES string of the molecule is C=CCNS(=O)(=O)c1ccc(C(=O)Nc2ccccc2N(C)Cc2ccccc2)cc1. The molecule has 0 spiro atoms. The molecule has 0 unspecified atom stereocenters. The zero-order valence-corrected chi connectivity index (χ0v) is 18.1. The van der Waals surface area contributed by atoms with Crippen LogP contribution in [0, 0.1) is 0 Å². The summed E-state index contributed by atoms with van der Waals surface area (Å²) in [5.41, 5.74) is 3.08. The van der Waals surface area contributed by atoms with Gasteiger partial charge in [0.2, 0.25) is 10.0 Å². The topological polar surface area (TPSA) is 78.5 Å². The lowest BCUT2D eigenvalue weighted by Gasteiger charge is -2.23. The Hall–Kier alpha value is -3.42. The van der Waals surface area contributed by atoms with Crippen LogP contribution in [0.2, 0.25) is 0 Å². The molecule has 6 nitrogen and oxygen atoms in total. The lowest BCUT2D eigenvalue weighted by atomic mass is 10.1. The van der Waals surface area contributed by atoms with Gasteiger partial charge in [0.25, 0.3) is 5.91 Å². The maximum absolute atomic E-state index is 12.8. The van der Waals surface area contributed by atoms with E-state index >= 15 is 0 Å². The fourth-order valence-electron chi connectivity index (χ4n) is 3.09. The second-order valence-corrected chi connectivity index (χ2v) is 8.74. The van der Waals surface area contributed by atoms with E-state index in [-0.39, 0.29) is 17.3 Å². The van der Waals surface area contributed by atoms with Gasteiger partial charge in [-0.05, 0) is 42.0 Å². The number of para-hydroxylation sites is 2. The Morgan fingerprint density at radius 3 is 2.29 bits per heavy atom. The van der Waals surface area contributed by atoms with Gasteiger partial charge in [-0.25, -0.2) is 13.1 Å². The number of hydrogen-bond donors (Lipinski definition) is 2. The number of benzene rings is 3. The van der Waals surface area contributed by atoms with E-state index in [0.29, 0.717) is 17.8 Å². The van der Waals surface area contributed by atoms with Crippen LogP contribution in [0.4, 0.5) is 11.4 Å². The number of nitrogens with zero attached hydrogens (tertiary/aromatic N) is 1. The van der Waals surface area contributed by atoms with Crippen LogP contribution in [-0.2, 0) is 16.6 Å². The van der Waals surface area contributed by atoms with Crippen LogP contribution in [-0.4, -0.2) is 27.9 Å². The summed E-state index contributed by atoms with van der Waals surface area (Å²) >= 11 is 0.